The van der Waals surface area contributed by atoms with Crippen molar-refractivity contribution in [3.8, 4) is 0 Å². The van der Waals surface area contributed by atoms with Crippen LogP contribution in [0, 0.1) is 0 Å². The van der Waals surface area contributed by atoms with Gasteiger partial charge in [-0.05, 0) is 20.4 Å². The third-order valence-corrected chi connectivity index (χ3v) is 2.23. The quantitative estimate of drug-likeness (QED) is 0.672. The first kappa shape index (κ1) is 14.9. The highest BCUT2D eigenvalue weighted by Crippen LogP contribution is 1.94. The Kier molecular flexibility index (Phi) is 6.72. The van der Waals surface area contributed by atoms with E-state index >= 15 is 0 Å². The average Bonchev–Trinajstić information content (AvgIpc) is 2.16. The molecule has 0 saturated carbocycles. The van der Waals surface area contributed by atoms with Crippen LogP contribution in [0.25, 0.3) is 0 Å². The SMILES string of the molecule is CCNC(C)CC(=O)NC(C)C(=O)N(C)C. The van der Waals surface area contributed by atoms with Crippen LogP contribution in [0.15, 0.2) is 0 Å². The number of hydrogen-bond acceptors (Lipinski definition) is 3. The van der Waals surface area contributed by atoms with Gasteiger partial charge in [-0.2, -0.15) is 0 Å². The standard InChI is InChI=1S/C11H23N3O2/c1-6-12-8(2)7-10(15)13-9(3)11(16)14(4)5/h8-9,12H,6-7H2,1-5H3,(H,13,15). The van der Waals surface area contributed by atoms with Gasteiger partial charge in [-0.15, -0.1) is 0 Å². The van der Waals surface area contributed by atoms with Gasteiger partial charge >= 0.3 is 0 Å². The molecular weight excluding hydrogens is 206 g/mol. The Morgan fingerprint density at radius 2 is 1.81 bits per heavy atom. The highest BCUT2D eigenvalue weighted by atomic mass is 16.2. The van der Waals surface area contributed by atoms with E-state index in [0.717, 1.165) is 6.54 Å². The summed E-state index contributed by atoms with van der Waals surface area (Å²) in [6.07, 6.45) is 0.388. The summed E-state index contributed by atoms with van der Waals surface area (Å²) in [5.74, 6) is -0.194. The summed E-state index contributed by atoms with van der Waals surface area (Å²) in [6.45, 7) is 6.47. The molecule has 0 saturated heterocycles. The molecule has 0 bridgehead atoms. The lowest BCUT2D eigenvalue weighted by molar-refractivity contribution is -0.134. The largest absolute Gasteiger partial charge is 0.347 e. The summed E-state index contributed by atoms with van der Waals surface area (Å²) >= 11 is 0. The van der Waals surface area contributed by atoms with Gasteiger partial charge in [0, 0.05) is 26.6 Å². The molecule has 2 atom stereocenters. The van der Waals surface area contributed by atoms with Crippen LogP contribution in [0.5, 0.6) is 0 Å². The normalized spacial score (nSPS) is 14.1. The van der Waals surface area contributed by atoms with E-state index in [4.69, 9.17) is 0 Å². The number of rotatable bonds is 6. The maximum Gasteiger partial charge on any atom is 0.244 e. The molecule has 16 heavy (non-hydrogen) atoms. The van der Waals surface area contributed by atoms with Crippen LogP contribution in [0.4, 0.5) is 0 Å². The van der Waals surface area contributed by atoms with Crippen LogP contribution in [0.1, 0.15) is 27.2 Å². The maximum atomic E-state index is 11.5. The number of nitrogens with zero attached hydrogens (tertiary/aromatic N) is 1. The predicted molar refractivity (Wildman–Crippen MR) is 64.1 cm³/mol. The van der Waals surface area contributed by atoms with Gasteiger partial charge in [0.25, 0.3) is 0 Å². The van der Waals surface area contributed by atoms with Gasteiger partial charge in [-0.3, -0.25) is 9.59 Å². The van der Waals surface area contributed by atoms with Gasteiger partial charge < -0.3 is 15.5 Å². The van der Waals surface area contributed by atoms with E-state index in [1.54, 1.807) is 21.0 Å². The summed E-state index contributed by atoms with van der Waals surface area (Å²) in [5, 5.41) is 5.83. The fourth-order valence-corrected chi connectivity index (χ4v) is 1.45. The van der Waals surface area contributed by atoms with E-state index in [9.17, 15) is 9.59 Å². The Balaban J connectivity index is 4.00. The molecule has 0 spiro atoms. The van der Waals surface area contributed by atoms with Crippen LogP contribution < -0.4 is 10.6 Å². The third kappa shape index (κ3) is 5.70. The lowest BCUT2D eigenvalue weighted by atomic mass is 10.2. The smallest absolute Gasteiger partial charge is 0.244 e. The van der Waals surface area contributed by atoms with Gasteiger partial charge in [-0.1, -0.05) is 6.92 Å². The Bertz CT molecular complexity index is 241. The number of hydrogen-bond donors (Lipinski definition) is 2. The number of likely N-dealkylation sites (N-methyl/N-ethyl adjacent to an activating group) is 1. The second kappa shape index (κ2) is 7.22. The summed E-state index contributed by atoms with van der Waals surface area (Å²) in [5.41, 5.74) is 0. The van der Waals surface area contributed by atoms with Crippen molar-refractivity contribution in [2.75, 3.05) is 20.6 Å². The van der Waals surface area contributed by atoms with Crippen LogP contribution in [0.2, 0.25) is 0 Å². The van der Waals surface area contributed by atoms with E-state index in [-0.39, 0.29) is 17.9 Å². The Labute approximate surface area is 97.6 Å². The third-order valence-electron chi connectivity index (χ3n) is 2.23. The van der Waals surface area contributed by atoms with Crippen molar-refractivity contribution >= 4 is 11.8 Å². The van der Waals surface area contributed by atoms with Gasteiger partial charge in [-0.25, -0.2) is 0 Å². The molecule has 2 N–H and O–H groups in total. The summed E-state index contributed by atoms with van der Waals surface area (Å²) < 4.78 is 0. The van der Waals surface area contributed by atoms with E-state index in [1.165, 1.54) is 4.90 Å². The van der Waals surface area contributed by atoms with E-state index < -0.39 is 6.04 Å². The first-order valence-corrected chi connectivity index (χ1v) is 5.62. The number of carbonyl (C=O) groups excluding carboxylic acids is 2. The van der Waals surface area contributed by atoms with Crippen LogP contribution >= 0.6 is 0 Å². The minimum atomic E-state index is -0.462. The lowest BCUT2D eigenvalue weighted by Crippen LogP contribution is -2.45. The van der Waals surface area contributed by atoms with E-state index in [1.807, 2.05) is 13.8 Å². The van der Waals surface area contributed by atoms with Gasteiger partial charge in [0.1, 0.15) is 6.04 Å². The van der Waals surface area contributed by atoms with Gasteiger partial charge in [0.2, 0.25) is 11.8 Å². The molecule has 5 heteroatoms. The zero-order valence-corrected chi connectivity index (χ0v) is 10.8. The first-order chi connectivity index (χ1) is 7.38. The lowest BCUT2D eigenvalue weighted by Gasteiger charge is -2.19. The molecule has 5 nitrogen and oxygen atoms in total. The highest BCUT2D eigenvalue weighted by molar-refractivity contribution is 5.87. The van der Waals surface area contributed by atoms with Crippen molar-refractivity contribution in [1.82, 2.24) is 15.5 Å². The van der Waals surface area contributed by atoms with Crippen molar-refractivity contribution in [2.24, 2.45) is 0 Å². The molecule has 0 rings (SSSR count). The fraction of sp³-hybridized carbons (Fsp3) is 0.818. The predicted octanol–water partition coefficient (Wildman–Crippen LogP) is -0.0326. The molecule has 0 aromatic heterocycles. The molecule has 0 aromatic rings. The molecule has 2 unspecified atom stereocenters. The summed E-state index contributed by atoms with van der Waals surface area (Å²) in [6, 6.07) is -0.331. The molecule has 0 radical (unpaired) electrons. The molecule has 0 heterocycles. The molecule has 0 fully saturated rings. The first-order valence-electron chi connectivity index (χ1n) is 5.62. The van der Waals surface area contributed by atoms with Crippen molar-refractivity contribution in [3.63, 3.8) is 0 Å². The van der Waals surface area contributed by atoms with Gasteiger partial charge in [0.05, 0.1) is 0 Å². The second-order valence-corrected chi connectivity index (χ2v) is 4.18. The molecule has 0 aliphatic heterocycles. The Hall–Kier alpha value is -1.10. The molecule has 94 valence electrons. The molecule has 0 aromatic carbocycles. The Morgan fingerprint density at radius 3 is 2.25 bits per heavy atom. The number of nitrogens with one attached hydrogen (secondary N) is 2. The van der Waals surface area contributed by atoms with Gasteiger partial charge in [0.15, 0.2) is 0 Å². The van der Waals surface area contributed by atoms with Crippen LogP contribution in [0.3, 0.4) is 0 Å². The second-order valence-electron chi connectivity index (χ2n) is 4.18. The zero-order chi connectivity index (χ0) is 12.7. The topological polar surface area (TPSA) is 61.4 Å². The highest BCUT2D eigenvalue weighted by Gasteiger charge is 2.17. The number of carbonyl (C=O) groups is 2. The van der Waals surface area contributed by atoms with E-state index in [0.29, 0.717) is 6.42 Å². The van der Waals surface area contributed by atoms with Crippen LogP contribution in [-0.2, 0) is 9.59 Å². The van der Waals surface area contributed by atoms with Crippen LogP contribution in [-0.4, -0.2) is 49.4 Å². The summed E-state index contributed by atoms with van der Waals surface area (Å²) in [4.78, 5) is 24.5. The van der Waals surface area contributed by atoms with Crippen molar-refractivity contribution < 1.29 is 9.59 Å². The average molecular weight is 229 g/mol. The molecule has 0 aliphatic rings. The minimum Gasteiger partial charge on any atom is -0.347 e. The number of amides is 2. The minimum absolute atomic E-state index is 0.0931. The molecule has 0 aliphatic carbocycles. The summed E-state index contributed by atoms with van der Waals surface area (Å²) in [7, 11) is 3.35. The van der Waals surface area contributed by atoms with Crippen molar-refractivity contribution in [1.29, 1.82) is 0 Å². The zero-order valence-electron chi connectivity index (χ0n) is 10.8. The van der Waals surface area contributed by atoms with Crippen molar-refractivity contribution in [3.05, 3.63) is 0 Å². The molecular formula is C11H23N3O2. The Morgan fingerprint density at radius 1 is 1.25 bits per heavy atom. The maximum absolute atomic E-state index is 11.5. The van der Waals surface area contributed by atoms with Crippen molar-refractivity contribution in [2.45, 2.75) is 39.3 Å². The van der Waals surface area contributed by atoms with E-state index in [2.05, 4.69) is 10.6 Å². The monoisotopic (exact) mass is 229 g/mol. The molecule has 2 amide bonds. The fourth-order valence-electron chi connectivity index (χ4n) is 1.45.